The molecule has 2 rings (SSSR count). The molecule has 9 heteroatoms. The van der Waals surface area contributed by atoms with Gasteiger partial charge < -0.3 is 45.2 Å². The molecule has 0 saturated carbocycles. The molecule has 0 aromatic rings. The molecule has 117 valence electrons. The molecular formula is C11H19O9. The average Bonchev–Trinajstić information content (AvgIpc) is 2.44. The molecule has 20 heavy (non-hydrogen) atoms. The third-order valence-electron chi connectivity index (χ3n) is 3.59. The van der Waals surface area contributed by atoms with Crippen molar-refractivity contribution in [1.82, 2.24) is 0 Å². The molecule has 9 nitrogen and oxygen atoms in total. The van der Waals surface area contributed by atoms with Gasteiger partial charge >= 0.3 is 0 Å². The Hall–Kier alpha value is -0.360. The Morgan fingerprint density at radius 3 is 2.15 bits per heavy atom. The van der Waals surface area contributed by atoms with Gasteiger partial charge in [-0.2, -0.15) is 0 Å². The van der Waals surface area contributed by atoms with Crippen LogP contribution in [0.5, 0.6) is 0 Å². The molecule has 2 aliphatic rings. The zero-order chi connectivity index (χ0) is 15.0. The van der Waals surface area contributed by atoms with Crippen molar-refractivity contribution < 1.29 is 45.2 Å². The molecule has 0 aromatic carbocycles. The number of aliphatic hydroxyl groups is 7. The van der Waals surface area contributed by atoms with E-state index >= 15 is 0 Å². The molecule has 2 fully saturated rings. The summed E-state index contributed by atoms with van der Waals surface area (Å²) in [6.07, 6.45) is -11.9. The fourth-order valence-electron chi connectivity index (χ4n) is 2.33. The van der Waals surface area contributed by atoms with Gasteiger partial charge in [-0.1, -0.05) is 0 Å². The van der Waals surface area contributed by atoms with Crippen molar-refractivity contribution in [2.75, 3.05) is 13.2 Å². The molecule has 0 bridgehead atoms. The van der Waals surface area contributed by atoms with Gasteiger partial charge in [0.05, 0.1) is 13.2 Å². The van der Waals surface area contributed by atoms with Gasteiger partial charge in [-0.05, 0) is 0 Å². The lowest BCUT2D eigenvalue weighted by molar-refractivity contribution is -0.247. The Kier molecular flexibility index (Phi) is 4.95. The molecule has 0 aliphatic carbocycles. The molecule has 8 atom stereocenters. The van der Waals surface area contributed by atoms with E-state index in [1.807, 2.05) is 0 Å². The molecule has 0 aromatic heterocycles. The van der Waals surface area contributed by atoms with Gasteiger partial charge in [0.1, 0.15) is 48.8 Å². The van der Waals surface area contributed by atoms with Gasteiger partial charge in [0.2, 0.25) is 0 Å². The van der Waals surface area contributed by atoms with Gasteiger partial charge in [0, 0.05) is 0 Å². The van der Waals surface area contributed by atoms with Crippen LogP contribution in [0.4, 0.5) is 0 Å². The maximum atomic E-state index is 9.85. The normalized spacial score (nSPS) is 51.1. The van der Waals surface area contributed by atoms with Crippen molar-refractivity contribution in [2.45, 2.75) is 48.8 Å². The predicted octanol–water partition coefficient (Wildman–Crippen LogP) is -4.53. The molecular weight excluding hydrogens is 276 g/mol. The summed E-state index contributed by atoms with van der Waals surface area (Å²) in [6.45, 7) is -0.923. The quantitative estimate of drug-likeness (QED) is 0.266. The van der Waals surface area contributed by atoms with Crippen molar-refractivity contribution in [3.8, 4) is 0 Å². The minimum Gasteiger partial charge on any atom is -0.394 e. The van der Waals surface area contributed by atoms with Crippen LogP contribution in [0.25, 0.3) is 0 Å². The highest BCUT2D eigenvalue weighted by Crippen LogP contribution is 2.33. The van der Waals surface area contributed by atoms with Crippen LogP contribution < -0.4 is 0 Å². The van der Waals surface area contributed by atoms with Crippen LogP contribution >= 0.6 is 0 Å². The first-order valence-corrected chi connectivity index (χ1v) is 6.22. The molecule has 2 saturated heterocycles. The lowest BCUT2D eigenvalue weighted by Gasteiger charge is -2.45. The van der Waals surface area contributed by atoms with Crippen LogP contribution in [0.3, 0.4) is 0 Å². The Labute approximate surface area is 114 Å². The molecule has 0 spiro atoms. The van der Waals surface area contributed by atoms with E-state index < -0.39 is 55.4 Å². The van der Waals surface area contributed by atoms with Crippen LogP contribution in [0.2, 0.25) is 0 Å². The zero-order valence-electron chi connectivity index (χ0n) is 10.5. The second-order valence-corrected chi connectivity index (χ2v) is 4.97. The van der Waals surface area contributed by atoms with Gasteiger partial charge in [-0.15, -0.1) is 0 Å². The smallest absolute Gasteiger partial charge is 0.160 e. The maximum absolute atomic E-state index is 9.85. The van der Waals surface area contributed by atoms with Crippen molar-refractivity contribution in [2.24, 2.45) is 0 Å². The average molecular weight is 295 g/mol. The molecule has 7 N–H and O–H groups in total. The summed E-state index contributed by atoms with van der Waals surface area (Å²) in [5.74, 6) is 0. The number of aliphatic hydroxyl groups excluding tert-OH is 7. The molecule has 2 aliphatic heterocycles. The van der Waals surface area contributed by atoms with Gasteiger partial charge in [0.15, 0.2) is 6.10 Å². The van der Waals surface area contributed by atoms with Crippen LogP contribution in [-0.4, -0.2) is 97.8 Å². The number of hydrogen-bond acceptors (Lipinski definition) is 9. The highest BCUT2D eigenvalue weighted by atomic mass is 16.6. The van der Waals surface area contributed by atoms with E-state index in [2.05, 4.69) is 0 Å². The van der Waals surface area contributed by atoms with Crippen LogP contribution in [0.1, 0.15) is 0 Å². The highest BCUT2D eigenvalue weighted by Gasteiger charge is 2.52. The van der Waals surface area contributed by atoms with E-state index in [1.165, 1.54) is 0 Å². The van der Waals surface area contributed by atoms with E-state index in [0.717, 1.165) is 0 Å². The topological polar surface area (TPSA) is 160 Å². The van der Waals surface area contributed by atoms with Crippen LogP contribution in [-0.2, 0) is 9.47 Å². The SMILES string of the molecule is OC[C@H]1O[C](C2OC[C@@H](O)[C@H](O)[C@H]2O)[C@H](O)[C@@H](O)[C@@H]1O. The second kappa shape index (κ2) is 6.18. The van der Waals surface area contributed by atoms with Crippen LogP contribution in [0.15, 0.2) is 0 Å². The fraction of sp³-hybridized carbons (Fsp3) is 0.909. The Bertz CT molecular complexity index is 325. The summed E-state index contributed by atoms with van der Waals surface area (Å²) in [4.78, 5) is 0. The van der Waals surface area contributed by atoms with E-state index in [-0.39, 0.29) is 12.7 Å². The lowest BCUT2D eigenvalue weighted by Crippen LogP contribution is -2.63. The standard InChI is InChI=1S/C11H19O9/c12-1-4-6(15)7(16)9(18)11(20-4)10-8(17)5(14)3(13)2-19-10/h3-10,12-18H,1-2H2/t3-,4-,5+,6-,7+,8-,9-,10?/m1/s1. The fourth-order valence-corrected chi connectivity index (χ4v) is 2.33. The molecule has 1 unspecified atom stereocenters. The summed E-state index contributed by atoms with van der Waals surface area (Å²) in [5, 5.41) is 67.0. The molecule has 0 amide bonds. The van der Waals surface area contributed by atoms with Crippen molar-refractivity contribution in [3.63, 3.8) is 0 Å². The number of ether oxygens (including phenoxy) is 2. The van der Waals surface area contributed by atoms with Gasteiger partial charge in [-0.25, -0.2) is 0 Å². The summed E-state index contributed by atoms with van der Waals surface area (Å²) >= 11 is 0. The predicted molar refractivity (Wildman–Crippen MR) is 61.0 cm³/mol. The summed E-state index contributed by atoms with van der Waals surface area (Å²) in [7, 11) is 0. The van der Waals surface area contributed by atoms with Gasteiger partial charge in [-0.3, -0.25) is 0 Å². The van der Waals surface area contributed by atoms with Crippen molar-refractivity contribution in [3.05, 3.63) is 6.10 Å². The third-order valence-corrected chi connectivity index (χ3v) is 3.59. The Balaban J connectivity index is 2.14. The van der Waals surface area contributed by atoms with E-state index in [1.54, 1.807) is 0 Å². The highest BCUT2D eigenvalue weighted by molar-refractivity contribution is 5.10. The Morgan fingerprint density at radius 2 is 1.55 bits per heavy atom. The first kappa shape index (κ1) is 16.0. The van der Waals surface area contributed by atoms with Crippen molar-refractivity contribution >= 4 is 0 Å². The number of rotatable bonds is 2. The summed E-state index contributed by atoms with van der Waals surface area (Å²) in [6, 6.07) is 0. The minimum absolute atomic E-state index is 0.301. The zero-order valence-corrected chi connectivity index (χ0v) is 10.5. The van der Waals surface area contributed by atoms with E-state index in [9.17, 15) is 30.6 Å². The largest absolute Gasteiger partial charge is 0.394 e. The summed E-state index contributed by atoms with van der Waals surface area (Å²) in [5.41, 5.74) is 0. The first-order chi connectivity index (χ1) is 9.38. The van der Waals surface area contributed by atoms with E-state index in [4.69, 9.17) is 14.6 Å². The monoisotopic (exact) mass is 295 g/mol. The van der Waals surface area contributed by atoms with E-state index in [0.29, 0.717) is 0 Å². The second-order valence-electron chi connectivity index (χ2n) is 4.97. The van der Waals surface area contributed by atoms with Crippen molar-refractivity contribution in [1.29, 1.82) is 0 Å². The first-order valence-electron chi connectivity index (χ1n) is 6.22. The maximum Gasteiger partial charge on any atom is 0.160 e. The number of hydrogen-bond donors (Lipinski definition) is 7. The lowest BCUT2D eigenvalue weighted by atomic mass is 9.87. The summed E-state index contributed by atoms with van der Waals surface area (Å²) < 4.78 is 10.3. The molecule has 1 radical (unpaired) electrons. The molecule has 2 heterocycles. The third kappa shape index (κ3) is 2.69. The Morgan fingerprint density at radius 1 is 0.900 bits per heavy atom. The van der Waals surface area contributed by atoms with Crippen LogP contribution in [0, 0.1) is 6.10 Å². The van der Waals surface area contributed by atoms with Gasteiger partial charge in [0.25, 0.3) is 0 Å². The minimum atomic E-state index is -1.66.